The Morgan fingerprint density at radius 3 is 2.14 bits per heavy atom. The van der Waals surface area contributed by atoms with Gasteiger partial charge >= 0.3 is 6.18 Å². The summed E-state index contributed by atoms with van der Waals surface area (Å²) in [5.41, 5.74) is 0. The van der Waals surface area contributed by atoms with Crippen molar-refractivity contribution in [3.8, 4) is 0 Å². The molecule has 1 saturated heterocycles. The molecule has 1 aliphatic heterocycles. The van der Waals surface area contributed by atoms with Gasteiger partial charge in [-0.25, -0.2) is 0 Å². The number of nitrogens with zero attached hydrogens (tertiary/aromatic N) is 3. The van der Waals surface area contributed by atoms with Crippen LogP contribution in [0.5, 0.6) is 0 Å². The SMILES string of the molecule is CN=C(NC1CC1C)N1CCN(C(C)C(F)(F)F)CC1.I. The van der Waals surface area contributed by atoms with E-state index in [4.69, 9.17) is 0 Å². The van der Waals surface area contributed by atoms with Gasteiger partial charge in [-0.1, -0.05) is 6.92 Å². The molecule has 3 atom stereocenters. The molecular formula is C13H24F3IN4. The van der Waals surface area contributed by atoms with Gasteiger partial charge in [0.2, 0.25) is 0 Å². The number of piperazine rings is 1. The van der Waals surface area contributed by atoms with E-state index in [1.807, 2.05) is 4.90 Å². The van der Waals surface area contributed by atoms with Crippen LogP contribution in [0.1, 0.15) is 20.3 Å². The molecule has 2 aliphatic rings. The fourth-order valence-corrected chi connectivity index (χ4v) is 2.51. The summed E-state index contributed by atoms with van der Waals surface area (Å²) >= 11 is 0. The molecule has 1 saturated carbocycles. The number of rotatable bonds is 2. The zero-order chi connectivity index (χ0) is 14.9. The van der Waals surface area contributed by atoms with Crippen molar-refractivity contribution in [1.82, 2.24) is 15.1 Å². The van der Waals surface area contributed by atoms with Gasteiger partial charge in [0, 0.05) is 39.3 Å². The van der Waals surface area contributed by atoms with E-state index in [0.717, 1.165) is 12.4 Å². The predicted octanol–water partition coefficient (Wildman–Crippen LogP) is 2.16. The fourth-order valence-electron chi connectivity index (χ4n) is 2.51. The summed E-state index contributed by atoms with van der Waals surface area (Å²) in [7, 11) is 1.72. The first-order valence-electron chi connectivity index (χ1n) is 7.12. The van der Waals surface area contributed by atoms with Crippen molar-refractivity contribution in [2.45, 2.75) is 38.5 Å². The number of halogens is 4. The average Bonchev–Trinajstić information content (AvgIpc) is 3.10. The lowest BCUT2D eigenvalue weighted by atomic mass is 10.2. The largest absolute Gasteiger partial charge is 0.403 e. The summed E-state index contributed by atoms with van der Waals surface area (Å²) in [6, 6.07) is -0.899. The highest BCUT2D eigenvalue weighted by molar-refractivity contribution is 14.0. The molecule has 0 spiro atoms. The van der Waals surface area contributed by atoms with Crippen molar-refractivity contribution in [3.63, 3.8) is 0 Å². The first-order chi connectivity index (χ1) is 9.32. The Bertz CT molecular complexity index is 367. The molecular weight excluding hydrogens is 396 g/mol. The highest BCUT2D eigenvalue weighted by Gasteiger charge is 2.41. The minimum absolute atomic E-state index is 0. The maximum atomic E-state index is 12.7. The Kier molecular flexibility index (Phi) is 6.57. The van der Waals surface area contributed by atoms with E-state index < -0.39 is 12.2 Å². The molecule has 3 unspecified atom stereocenters. The Balaban J connectivity index is 0.00000220. The molecule has 1 aliphatic carbocycles. The quantitative estimate of drug-likeness (QED) is 0.422. The Labute approximate surface area is 141 Å². The fraction of sp³-hybridized carbons (Fsp3) is 0.923. The highest BCUT2D eigenvalue weighted by atomic mass is 127. The van der Waals surface area contributed by atoms with E-state index in [9.17, 15) is 13.2 Å². The van der Waals surface area contributed by atoms with Crippen LogP contribution in [0.3, 0.4) is 0 Å². The zero-order valence-corrected chi connectivity index (χ0v) is 15.0. The van der Waals surface area contributed by atoms with E-state index in [0.29, 0.717) is 38.1 Å². The minimum atomic E-state index is -4.15. The molecule has 0 aromatic carbocycles. The second-order valence-corrected chi connectivity index (χ2v) is 5.75. The van der Waals surface area contributed by atoms with E-state index in [2.05, 4.69) is 17.2 Å². The lowest BCUT2D eigenvalue weighted by Gasteiger charge is -2.39. The lowest BCUT2D eigenvalue weighted by molar-refractivity contribution is -0.181. The molecule has 0 radical (unpaired) electrons. The Morgan fingerprint density at radius 2 is 1.76 bits per heavy atom. The molecule has 0 aromatic rings. The van der Waals surface area contributed by atoms with Crippen molar-refractivity contribution in [3.05, 3.63) is 0 Å². The molecule has 1 heterocycles. The van der Waals surface area contributed by atoms with Gasteiger partial charge in [0.25, 0.3) is 0 Å². The number of hydrogen-bond acceptors (Lipinski definition) is 2. The van der Waals surface area contributed by atoms with Crippen LogP contribution < -0.4 is 5.32 Å². The van der Waals surface area contributed by atoms with Crippen molar-refractivity contribution < 1.29 is 13.2 Å². The standard InChI is InChI=1S/C13H23F3N4.HI/c1-9-8-11(9)18-12(17-3)20-6-4-19(5-7-20)10(2)13(14,15)16;/h9-11H,4-8H2,1-3H3,(H,17,18);1H. The van der Waals surface area contributed by atoms with Crippen molar-refractivity contribution in [1.29, 1.82) is 0 Å². The van der Waals surface area contributed by atoms with Gasteiger partial charge < -0.3 is 10.2 Å². The summed E-state index contributed by atoms with van der Waals surface area (Å²) in [5.74, 6) is 1.48. The van der Waals surface area contributed by atoms with Crippen molar-refractivity contribution >= 4 is 29.9 Å². The molecule has 0 aromatic heterocycles. The monoisotopic (exact) mass is 420 g/mol. The second kappa shape index (κ2) is 7.34. The summed E-state index contributed by atoms with van der Waals surface area (Å²) in [6.45, 7) is 5.41. The van der Waals surface area contributed by atoms with Crippen molar-refractivity contribution in [2.75, 3.05) is 33.2 Å². The molecule has 0 amide bonds. The van der Waals surface area contributed by atoms with Crippen LogP contribution in [0.4, 0.5) is 13.2 Å². The third-order valence-electron chi connectivity index (χ3n) is 4.27. The Hall–Kier alpha value is -0.250. The van der Waals surface area contributed by atoms with Crippen LogP contribution in [0.15, 0.2) is 4.99 Å². The van der Waals surface area contributed by atoms with Gasteiger partial charge in [-0.3, -0.25) is 9.89 Å². The van der Waals surface area contributed by atoms with Gasteiger partial charge in [0.1, 0.15) is 6.04 Å². The second-order valence-electron chi connectivity index (χ2n) is 5.75. The van der Waals surface area contributed by atoms with Crippen LogP contribution in [0.2, 0.25) is 0 Å². The molecule has 21 heavy (non-hydrogen) atoms. The smallest absolute Gasteiger partial charge is 0.353 e. The van der Waals surface area contributed by atoms with Crippen LogP contribution in [0.25, 0.3) is 0 Å². The van der Waals surface area contributed by atoms with Gasteiger partial charge in [0.15, 0.2) is 5.96 Å². The topological polar surface area (TPSA) is 30.9 Å². The summed E-state index contributed by atoms with van der Waals surface area (Å²) in [5, 5.41) is 3.37. The van der Waals surface area contributed by atoms with E-state index in [1.54, 1.807) is 7.05 Å². The molecule has 2 fully saturated rings. The average molecular weight is 420 g/mol. The van der Waals surface area contributed by atoms with Gasteiger partial charge in [0.05, 0.1) is 0 Å². The third-order valence-corrected chi connectivity index (χ3v) is 4.27. The number of guanidine groups is 1. The van der Waals surface area contributed by atoms with E-state index >= 15 is 0 Å². The molecule has 0 bridgehead atoms. The number of alkyl halides is 3. The molecule has 8 heteroatoms. The van der Waals surface area contributed by atoms with Crippen LogP contribution in [0, 0.1) is 5.92 Å². The number of aliphatic imine (C=N–C) groups is 1. The summed E-state index contributed by atoms with van der Waals surface area (Å²) in [4.78, 5) is 7.77. The molecule has 124 valence electrons. The van der Waals surface area contributed by atoms with Crippen LogP contribution in [-0.4, -0.2) is 67.2 Å². The van der Waals surface area contributed by atoms with E-state index in [1.165, 1.54) is 11.8 Å². The van der Waals surface area contributed by atoms with Gasteiger partial charge in [-0.15, -0.1) is 24.0 Å². The normalized spacial score (nSPS) is 28.9. The maximum Gasteiger partial charge on any atom is 0.403 e. The highest BCUT2D eigenvalue weighted by Crippen LogP contribution is 2.29. The minimum Gasteiger partial charge on any atom is -0.353 e. The predicted molar refractivity (Wildman–Crippen MR) is 88.1 cm³/mol. The number of hydrogen-bond donors (Lipinski definition) is 1. The first kappa shape index (κ1) is 18.8. The Morgan fingerprint density at radius 1 is 1.24 bits per heavy atom. The summed E-state index contributed by atoms with van der Waals surface area (Å²) in [6.07, 6.45) is -3.00. The lowest BCUT2D eigenvalue weighted by Crippen LogP contribution is -2.57. The van der Waals surface area contributed by atoms with Crippen LogP contribution >= 0.6 is 24.0 Å². The van der Waals surface area contributed by atoms with Gasteiger partial charge in [-0.05, 0) is 19.3 Å². The van der Waals surface area contributed by atoms with E-state index in [-0.39, 0.29) is 24.0 Å². The number of nitrogens with one attached hydrogen (secondary N) is 1. The third kappa shape index (κ3) is 4.87. The van der Waals surface area contributed by atoms with Crippen molar-refractivity contribution in [2.24, 2.45) is 10.9 Å². The summed E-state index contributed by atoms with van der Waals surface area (Å²) < 4.78 is 38.1. The van der Waals surface area contributed by atoms with Crippen LogP contribution in [-0.2, 0) is 0 Å². The van der Waals surface area contributed by atoms with Gasteiger partial charge in [-0.2, -0.15) is 13.2 Å². The maximum absolute atomic E-state index is 12.7. The molecule has 1 N–H and O–H groups in total. The molecule has 4 nitrogen and oxygen atoms in total. The zero-order valence-electron chi connectivity index (χ0n) is 12.7. The molecule has 2 rings (SSSR count). The first-order valence-corrected chi connectivity index (χ1v) is 7.12.